The summed E-state index contributed by atoms with van der Waals surface area (Å²) in [5.41, 5.74) is 4.68. The number of allylic oxidation sites excluding steroid dienone is 11. The molecule has 1 rings (SSSR count). The lowest BCUT2D eigenvalue weighted by Gasteiger charge is -2.02. The van der Waals surface area contributed by atoms with Crippen molar-refractivity contribution in [1.82, 2.24) is 5.43 Å². The summed E-state index contributed by atoms with van der Waals surface area (Å²) in [7, 11) is 0. The third-order valence-corrected chi connectivity index (χ3v) is 1.97. The minimum absolute atomic E-state index is 0.911. The molecule has 0 aromatic heterocycles. The zero-order valence-corrected chi connectivity index (χ0v) is 8.85. The minimum Gasteiger partial charge on any atom is -0.324 e. The molecule has 2 heteroatoms. The van der Waals surface area contributed by atoms with E-state index in [1.54, 1.807) is 0 Å². The number of hydrazine groups is 1. The lowest BCUT2D eigenvalue weighted by Crippen LogP contribution is -2.20. The Balaban J connectivity index is 2.97. The second kappa shape index (κ2) is 6.62. The molecule has 0 fully saturated rings. The third-order valence-electron chi connectivity index (χ3n) is 1.97. The van der Waals surface area contributed by atoms with Crippen molar-refractivity contribution in [3.05, 3.63) is 72.0 Å². The summed E-state index contributed by atoms with van der Waals surface area (Å²) < 4.78 is 0. The smallest absolute Gasteiger partial charge is 0.0514 e. The van der Waals surface area contributed by atoms with Gasteiger partial charge in [-0.25, -0.2) is 0 Å². The Kier molecular flexibility index (Phi) is 4.98. The van der Waals surface area contributed by atoms with E-state index in [0.29, 0.717) is 0 Å². The Hall–Kier alpha value is -1.80. The van der Waals surface area contributed by atoms with Crippen LogP contribution in [0.2, 0.25) is 0 Å². The third kappa shape index (κ3) is 4.29. The van der Waals surface area contributed by atoms with Gasteiger partial charge in [-0.2, -0.15) is 0 Å². The van der Waals surface area contributed by atoms with Crippen LogP contribution >= 0.6 is 0 Å². The van der Waals surface area contributed by atoms with E-state index < -0.39 is 0 Å². The first kappa shape index (κ1) is 11.3. The molecule has 0 saturated carbocycles. The molecule has 3 N–H and O–H groups in total. The molecule has 0 aliphatic heterocycles. The van der Waals surface area contributed by atoms with E-state index in [0.717, 1.165) is 11.3 Å². The topological polar surface area (TPSA) is 38.0 Å². The molecular formula is C13H16N2. The van der Waals surface area contributed by atoms with Gasteiger partial charge < -0.3 is 5.43 Å². The van der Waals surface area contributed by atoms with Gasteiger partial charge in [-0.05, 0) is 18.6 Å². The molecule has 0 amide bonds. The number of nitrogens with two attached hydrogens (primary N) is 1. The van der Waals surface area contributed by atoms with Crippen LogP contribution in [0.3, 0.4) is 0 Å². The Bertz CT molecular complexity index is 366. The van der Waals surface area contributed by atoms with Gasteiger partial charge in [-0.15, -0.1) is 0 Å². The Morgan fingerprint density at radius 2 is 1.27 bits per heavy atom. The zero-order valence-electron chi connectivity index (χ0n) is 8.85. The van der Waals surface area contributed by atoms with Gasteiger partial charge >= 0.3 is 0 Å². The minimum atomic E-state index is 0.911. The van der Waals surface area contributed by atoms with Crippen LogP contribution in [0.1, 0.15) is 6.92 Å². The molecule has 0 bridgehead atoms. The van der Waals surface area contributed by atoms with Gasteiger partial charge in [-0.1, -0.05) is 54.7 Å². The molecule has 0 aromatic rings. The molecule has 1 aliphatic rings. The number of hydrogen-bond donors (Lipinski definition) is 2. The summed E-state index contributed by atoms with van der Waals surface area (Å²) in [6, 6.07) is 0. The van der Waals surface area contributed by atoms with Crippen LogP contribution in [0.25, 0.3) is 0 Å². The van der Waals surface area contributed by atoms with Gasteiger partial charge in [0.15, 0.2) is 0 Å². The van der Waals surface area contributed by atoms with Crippen LogP contribution in [0, 0.1) is 0 Å². The molecule has 15 heavy (non-hydrogen) atoms. The van der Waals surface area contributed by atoms with E-state index in [1.807, 2.05) is 67.7 Å². The Morgan fingerprint density at radius 1 is 0.800 bits per heavy atom. The normalized spacial score (nSPS) is 24.9. The fourth-order valence-corrected chi connectivity index (χ4v) is 1.12. The zero-order chi connectivity index (χ0) is 10.9. The maximum Gasteiger partial charge on any atom is 0.0514 e. The molecule has 0 radical (unpaired) electrons. The van der Waals surface area contributed by atoms with E-state index in [2.05, 4.69) is 5.43 Å². The summed E-state index contributed by atoms with van der Waals surface area (Å²) in [6.45, 7) is 2.01. The van der Waals surface area contributed by atoms with E-state index in [9.17, 15) is 0 Å². The van der Waals surface area contributed by atoms with Gasteiger partial charge in [0, 0.05) is 0 Å². The highest BCUT2D eigenvalue weighted by atomic mass is 15.2. The first-order chi connectivity index (χ1) is 7.34. The average Bonchev–Trinajstić information content (AvgIpc) is 2.23. The number of hydrogen-bond acceptors (Lipinski definition) is 2. The van der Waals surface area contributed by atoms with Gasteiger partial charge in [0.1, 0.15) is 0 Å². The van der Waals surface area contributed by atoms with Crippen molar-refractivity contribution in [3.63, 3.8) is 0 Å². The summed E-state index contributed by atoms with van der Waals surface area (Å²) in [4.78, 5) is 0. The Labute approximate surface area is 90.8 Å². The highest BCUT2D eigenvalue weighted by Gasteiger charge is 1.91. The second-order valence-corrected chi connectivity index (χ2v) is 3.11. The second-order valence-electron chi connectivity index (χ2n) is 3.11. The monoisotopic (exact) mass is 200 g/mol. The van der Waals surface area contributed by atoms with E-state index in [1.165, 1.54) is 0 Å². The van der Waals surface area contributed by atoms with Crippen LogP contribution < -0.4 is 11.3 Å². The summed E-state index contributed by atoms with van der Waals surface area (Å²) in [5.74, 6) is 5.43. The van der Waals surface area contributed by atoms with Crippen molar-refractivity contribution in [3.8, 4) is 0 Å². The lowest BCUT2D eigenvalue weighted by molar-refractivity contribution is 0.903. The quantitative estimate of drug-likeness (QED) is 0.504. The van der Waals surface area contributed by atoms with Crippen LogP contribution in [-0.4, -0.2) is 0 Å². The van der Waals surface area contributed by atoms with E-state index in [-0.39, 0.29) is 0 Å². The van der Waals surface area contributed by atoms with E-state index >= 15 is 0 Å². The van der Waals surface area contributed by atoms with Crippen LogP contribution in [-0.2, 0) is 0 Å². The number of rotatable bonds is 1. The van der Waals surface area contributed by atoms with Crippen molar-refractivity contribution >= 4 is 0 Å². The summed E-state index contributed by atoms with van der Waals surface area (Å²) >= 11 is 0. The fraction of sp³-hybridized carbons (Fsp3) is 0.0769. The molecule has 2 nitrogen and oxygen atoms in total. The molecule has 0 heterocycles. The molecule has 0 atom stereocenters. The highest BCUT2D eigenvalue weighted by Crippen LogP contribution is 2.04. The molecule has 0 spiro atoms. The molecular weight excluding hydrogens is 184 g/mol. The van der Waals surface area contributed by atoms with Crippen molar-refractivity contribution in [1.29, 1.82) is 0 Å². The van der Waals surface area contributed by atoms with Gasteiger partial charge in [0.05, 0.1) is 5.70 Å². The molecule has 1 aliphatic carbocycles. The fourth-order valence-electron chi connectivity index (χ4n) is 1.12. The number of nitrogens with one attached hydrogen (secondary N) is 1. The average molecular weight is 200 g/mol. The maximum atomic E-state index is 5.43. The van der Waals surface area contributed by atoms with Crippen molar-refractivity contribution in [2.45, 2.75) is 6.92 Å². The van der Waals surface area contributed by atoms with Crippen molar-refractivity contribution < 1.29 is 0 Å². The first-order valence-corrected chi connectivity index (χ1v) is 4.87. The first-order valence-electron chi connectivity index (χ1n) is 4.87. The van der Waals surface area contributed by atoms with Gasteiger partial charge in [-0.3, -0.25) is 5.84 Å². The molecule has 78 valence electrons. The SMILES string of the molecule is CC1=C(NN)\C=C/C=C\C=C/C=C\C=C1. The van der Waals surface area contributed by atoms with E-state index in [4.69, 9.17) is 5.84 Å². The van der Waals surface area contributed by atoms with Crippen molar-refractivity contribution in [2.24, 2.45) is 5.84 Å². The highest BCUT2D eigenvalue weighted by molar-refractivity contribution is 5.34. The lowest BCUT2D eigenvalue weighted by atomic mass is 10.2. The Morgan fingerprint density at radius 3 is 1.80 bits per heavy atom. The predicted molar refractivity (Wildman–Crippen MR) is 65.7 cm³/mol. The largest absolute Gasteiger partial charge is 0.324 e. The summed E-state index contributed by atoms with van der Waals surface area (Å²) in [6.07, 6.45) is 19.7. The predicted octanol–water partition coefficient (Wildman–Crippen LogP) is 2.52. The van der Waals surface area contributed by atoms with Gasteiger partial charge in [0.2, 0.25) is 0 Å². The standard InChI is InChI=1S/C13H16N2/c1-12-10-8-6-4-2-3-5-7-9-11-13(12)15-14/h2-11,15H,14H2,1H3/b3-2-,4-2?,5-3?,6-4-,7-5-,8-6?,9-7?,10-8?,11-9-,12-10?,13-11?,13-12?. The van der Waals surface area contributed by atoms with Crippen LogP contribution in [0.15, 0.2) is 72.0 Å². The van der Waals surface area contributed by atoms with Crippen LogP contribution in [0.5, 0.6) is 0 Å². The molecule has 0 unspecified atom stereocenters. The summed E-state index contributed by atoms with van der Waals surface area (Å²) in [5, 5.41) is 0. The molecule has 0 saturated heterocycles. The van der Waals surface area contributed by atoms with Gasteiger partial charge in [0.25, 0.3) is 0 Å². The molecule has 0 aromatic carbocycles. The van der Waals surface area contributed by atoms with Crippen molar-refractivity contribution in [2.75, 3.05) is 0 Å². The van der Waals surface area contributed by atoms with Crippen LogP contribution in [0.4, 0.5) is 0 Å². The maximum absolute atomic E-state index is 5.43.